The van der Waals surface area contributed by atoms with Crippen LogP contribution in [0.2, 0.25) is 0 Å². The number of rotatable bonds is 6. The molecule has 1 saturated carbocycles. The van der Waals surface area contributed by atoms with Crippen molar-refractivity contribution >= 4 is 16.8 Å². The third-order valence-electron chi connectivity index (χ3n) is 7.52. The van der Waals surface area contributed by atoms with Gasteiger partial charge in [0.15, 0.2) is 0 Å². The number of likely N-dealkylation sites (tertiary alicyclic amines) is 2. The van der Waals surface area contributed by atoms with Crippen molar-refractivity contribution in [2.75, 3.05) is 26.2 Å². The molecule has 1 aromatic heterocycles. The van der Waals surface area contributed by atoms with Crippen LogP contribution in [0.3, 0.4) is 0 Å². The van der Waals surface area contributed by atoms with Crippen LogP contribution in [-0.2, 0) is 6.54 Å². The van der Waals surface area contributed by atoms with Gasteiger partial charge in [0.2, 0.25) is 0 Å². The van der Waals surface area contributed by atoms with Crippen LogP contribution in [0, 0.1) is 5.92 Å². The SMILES string of the molecule is CC(C)N1CCC(Oc2ccc3c(c2)cc(C(=O)N2CCC(F)(F)CC2)n3CC2CC2)CC1. The summed E-state index contributed by atoms with van der Waals surface area (Å²) in [5.41, 5.74) is 1.64. The molecule has 3 heterocycles. The molecule has 1 aromatic carbocycles. The zero-order valence-electron chi connectivity index (χ0n) is 19.7. The Balaban J connectivity index is 1.35. The Kier molecular flexibility index (Phi) is 6.10. The maximum atomic E-state index is 13.6. The number of hydrogen-bond donors (Lipinski definition) is 0. The molecule has 3 aliphatic rings. The largest absolute Gasteiger partial charge is 0.490 e. The molecule has 0 bridgehead atoms. The van der Waals surface area contributed by atoms with E-state index in [2.05, 4.69) is 29.4 Å². The Labute approximate surface area is 194 Å². The van der Waals surface area contributed by atoms with Gasteiger partial charge in [0, 0.05) is 62.5 Å². The lowest BCUT2D eigenvalue weighted by Crippen LogP contribution is -2.43. The third kappa shape index (κ3) is 5.03. The summed E-state index contributed by atoms with van der Waals surface area (Å²) in [4.78, 5) is 17.4. The zero-order valence-corrected chi connectivity index (χ0v) is 19.7. The fraction of sp³-hybridized carbons (Fsp3) is 0.654. The minimum atomic E-state index is -2.66. The van der Waals surface area contributed by atoms with E-state index in [0.717, 1.165) is 49.1 Å². The van der Waals surface area contributed by atoms with E-state index < -0.39 is 5.92 Å². The van der Waals surface area contributed by atoms with E-state index in [1.54, 1.807) is 4.90 Å². The Morgan fingerprint density at radius 2 is 1.76 bits per heavy atom. The number of amides is 1. The standard InChI is InChI=1S/C26H35F2N3O2/c1-18(2)29-11-7-21(8-12-29)33-22-5-6-23-20(15-22)16-24(31(23)17-19-3-4-19)25(32)30-13-9-26(27,28)10-14-30/h5-6,15-16,18-19,21H,3-4,7-14,17H2,1-2H3. The number of alkyl halides is 2. The molecule has 3 fully saturated rings. The molecule has 0 radical (unpaired) electrons. The molecule has 0 atom stereocenters. The number of carbonyl (C=O) groups excluding carboxylic acids is 1. The van der Waals surface area contributed by atoms with E-state index in [1.807, 2.05) is 18.2 Å². The monoisotopic (exact) mass is 459 g/mol. The van der Waals surface area contributed by atoms with Gasteiger partial charge in [-0.2, -0.15) is 0 Å². The van der Waals surface area contributed by atoms with Crippen molar-refractivity contribution in [2.24, 2.45) is 5.92 Å². The molecule has 2 aliphatic heterocycles. The average Bonchev–Trinajstić information content (AvgIpc) is 3.54. The second-order valence-electron chi connectivity index (χ2n) is 10.4. The number of hydrogen-bond acceptors (Lipinski definition) is 3. The lowest BCUT2D eigenvalue weighted by molar-refractivity contribution is -0.0495. The maximum Gasteiger partial charge on any atom is 0.270 e. The number of aromatic nitrogens is 1. The van der Waals surface area contributed by atoms with Crippen molar-refractivity contribution in [3.63, 3.8) is 0 Å². The van der Waals surface area contributed by atoms with Crippen LogP contribution >= 0.6 is 0 Å². The highest BCUT2D eigenvalue weighted by atomic mass is 19.3. The van der Waals surface area contributed by atoms with Crippen LogP contribution in [-0.4, -0.2) is 64.5 Å². The Hall–Kier alpha value is -2.15. The van der Waals surface area contributed by atoms with E-state index in [4.69, 9.17) is 4.74 Å². The fourth-order valence-electron chi connectivity index (χ4n) is 5.16. The predicted molar refractivity (Wildman–Crippen MR) is 125 cm³/mol. The number of halogens is 2. The van der Waals surface area contributed by atoms with Crippen LogP contribution in [0.5, 0.6) is 5.75 Å². The lowest BCUT2D eigenvalue weighted by atomic mass is 10.1. The van der Waals surface area contributed by atoms with Gasteiger partial charge < -0.3 is 19.1 Å². The number of fused-ring (bicyclic) bond motifs is 1. The highest BCUT2D eigenvalue weighted by Gasteiger charge is 2.37. The predicted octanol–water partition coefficient (Wildman–Crippen LogP) is 5.17. The fourth-order valence-corrected chi connectivity index (χ4v) is 5.16. The minimum absolute atomic E-state index is 0.111. The normalized spacial score (nSPS) is 22.3. The van der Waals surface area contributed by atoms with Gasteiger partial charge in [0.1, 0.15) is 17.5 Å². The van der Waals surface area contributed by atoms with E-state index in [1.165, 1.54) is 12.8 Å². The minimum Gasteiger partial charge on any atom is -0.490 e. The van der Waals surface area contributed by atoms with Gasteiger partial charge in [-0.15, -0.1) is 0 Å². The van der Waals surface area contributed by atoms with Crippen molar-refractivity contribution in [1.29, 1.82) is 0 Å². The van der Waals surface area contributed by atoms with Crippen molar-refractivity contribution in [2.45, 2.75) is 77.0 Å². The molecule has 1 aliphatic carbocycles. The number of piperidine rings is 2. The van der Waals surface area contributed by atoms with E-state index in [0.29, 0.717) is 17.7 Å². The molecule has 0 unspecified atom stereocenters. The van der Waals surface area contributed by atoms with Crippen molar-refractivity contribution in [1.82, 2.24) is 14.4 Å². The maximum absolute atomic E-state index is 13.6. The lowest BCUT2D eigenvalue weighted by Gasteiger charge is -2.34. The molecule has 33 heavy (non-hydrogen) atoms. The first-order valence-electron chi connectivity index (χ1n) is 12.5. The van der Waals surface area contributed by atoms with Gasteiger partial charge >= 0.3 is 0 Å². The van der Waals surface area contributed by atoms with Gasteiger partial charge in [0.05, 0.1) is 0 Å². The van der Waals surface area contributed by atoms with E-state index in [-0.39, 0.29) is 37.9 Å². The van der Waals surface area contributed by atoms with Gasteiger partial charge in [-0.1, -0.05) is 0 Å². The summed E-state index contributed by atoms with van der Waals surface area (Å²) in [6.45, 7) is 7.60. The van der Waals surface area contributed by atoms with Crippen molar-refractivity contribution in [3.05, 3.63) is 30.0 Å². The summed E-state index contributed by atoms with van der Waals surface area (Å²) in [5, 5.41) is 0.985. The first kappa shape index (κ1) is 22.6. The number of nitrogens with zero attached hydrogens (tertiary/aromatic N) is 3. The van der Waals surface area contributed by atoms with Crippen molar-refractivity contribution < 1.29 is 18.3 Å². The van der Waals surface area contributed by atoms with E-state index >= 15 is 0 Å². The number of benzene rings is 1. The summed E-state index contributed by atoms with van der Waals surface area (Å²) < 4.78 is 35.6. The molecular weight excluding hydrogens is 424 g/mol. The van der Waals surface area contributed by atoms with Crippen molar-refractivity contribution in [3.8, 4) is 5.75 Å². The molecule has 0 spiro atoms. The Bertz CT molecular complexity index is 996. The Morgan fingerprint density at radius 3 is 2.39 bits per heavy atom. The molecule has 7 heteroatoms. The summed E-state index contributed by atoms with van der Waals surface area (Å²) in [6, 6.07) is 8.60. The summed E-state index contributed by atoms with van der Waals surface area (Å²) in [7, 11) is 0. The first-order valence-corrected chi connectivity index (χ1v) is 12.5. The highest BCUT2D eigenvalue weighted by Crippen LogP contribution is 2.35. The molecule has 0 N–H and O–H groups in total. The summed E-state index contributed by atoms with van der Waals surface area (Å²) in [5.74, 6) is -1.36. The number of carbonyl (C=O) groups is 1. The van der Waals surface area contributed by atoms with E-state index in [9.17, 15) is 13.6 Å². The molecule has 2 saturated heterocycles. The topological polar surface area (TPSA) is 37.7 Å². The second kappa shape index (κ2) is 8.90. The van der Waals surface area contributed by atoms with Crippen LogP contribution in [0.25, 0.3) is 10.9 Å². The van der Waals surface area contributed by atoms with Gasteiger partial charge in [-0.3, -0.25) is 4.79 Å². The molecule has 180 valence electrons. The summed E-state index contributed by atoms with van der Waals surface area (Å²) in [6.07, 6.45) is 4.09. The Morgan fingerprint density at radius 1 is 1.06 bits per heavy atom. The van der Waals surface area contributed by atoms with Crippen LogP contribution < -0.4 is 4.74 Å². The van der Waals surface area contributed by atoms with Gasteiger partial charge in [-0.05, 0) is 69.7 Å². The van der Waals surface area contributed by atoms with Crippen LogP contribution in [0.15, 0.2) is 24.3 Å². The second-order valence-corrected chi connectivity index (χ2v) is 10.4. The highest BCUT2D eigenvalue weighted by molar-refractivity contribution is 5.99. The zero-order chi connectivity index (χ0) is 23.2. The number of ether oxygens (including phenoxy) is 1. The molecule has 2 aromatic rings. The molecule has 1 amide bonds. The van der Waals surface area contributed by atoms with Crippen LogP contribution in [0.1, 0.15) is 62.9 Å². The molecule has 5 nitrogen and oxygen atoms in total. The quantitative estimate of drug-likeness (QED) is 0.598. The van der Waals surface area contributed by atoms with Crippen LogP contribution in [0.4, 0.5) is 8.78 Å². The van der Waals surface area contributed by atoms with Gasteiger partial charge in [0.25, 0.3) is 11.8 Å². The summed E-state index contributed by atoms with van der Waals surface area (Å²) >= 11 is 0. The smallest absolute Gasteiger partial charge is 0.270 e. The molecular formula is C26H35F2N3O2. The first-order chi connectivity index (χ1) is 15.8. The third-order valence-corrected chi connectivity index (χ3v) is 7.52. The average molecular weight is 460 g/mol. The molecule has 5 rings (SSSR count). The van der Waals surface area contributed by atoms with Gasteiger partial charge in [-0.25, -0.2) is 8.78 Å².